The molecule has 2 atom stereocenters. The van der Waals surface area contributed by atoms with E-state index in [1.165, 1.54) is 11.3 Å². The SMILES string of the molecule is CC(C)(C)OC(=O)Nc1ncc([C@@H]2C[C@H](OC(=O)Oc3ccccc3)CO2)s1. The number of ether oxygens (including phenoxy) is 4. The van der Waals surface area contributed by atoms with Crippen molar-refractivity contribution in [2.24, 2.45) is 0 Å². The molecule has 1 aliphatic rings. The van der Waals surface area contributed by atoms with Crippen LogP contribution < -0.4 is 10.1 Å². The fraction of sp³-hybridized carbons (Fsp3) is 0.421. The van der Waals surface area contributed by atoms with E-state index in [0.29, 0.717) is 17.3 Å². The summed E-state index contributed by atoms with van der Waals surface area (Å²) in [7, 11) is 0. The maximum absolute atomic E-state index is 11.9. The molecule has 1 N–H and O–H groups in total. The van der Waals surface area contributed by atoms with Gasteiger partial charge in [-0.25, -0.2) is 14.6 Å². The molecule has 2 heterocycles. The van der Waals surface area contributed by atoms with Crippen molar-refractivity contribution in [3.8, 4) is 5.75 Å². The summed E-state index contributed by atoms with van der Waals surface area (Å²) in [4.78, 5) is 28.7. The minimum absolute atomic E-state index is 0.263. The Labute approximate surface area is 166 Å². The van der Waals surface area contributed by atoms with E-state index >= 15 is 0 Å². The van der Waals surface area contributed by atoms with Gasteiger partial charge in [-0.2, -0.15) is 0 Å². The van der Waals surface area contributed by atoms with Gasteiger partial charge in [0.05, 0.1) is 17.6 Å². The molecule has 0 radical (unpaired) electrons. The molecule has 2 aromatic rings. The predicted octanol–water partition coefficient (Wildman–Crippen LogP) is 4.54. The van der Waals surface area contributed by atoms with Gasteiger partial charge in [-0.15, -0.1) is 0 Å². The molecule has 1 saturated heterocycles. The number of nitrogens with zero attached hydrogens (tertiary/aromatic N) is 1. The highest BCUT2D eigenvalue weighted by Crippen LogP contribution is 2.35. The molecule has 1 amide bonds. The monoisotopic (exact) mass is 406 g/mol. The van der Waals surface area contributed by atoms with Crippen LogP contribution in [0.1, 0.15) is 38.2 Å². The van der Waals surface area contributed by atoms with E-state index in [1.54, 1.807) is 51.2 Å². The van der Waals surface area contributed by atoms with Gasteiger partial charge in [0.2, 0.25) is 0 Å². The second-order valence-electron chi connectivity index (χ2n) is 7.16. The molecule has 0 unspecified atom stereocenters. The van der Waals surface area contributed by atoms with E-state index in [4.69, 9.17) is 18.9 Å². The Bertz CT molecular complexity index is 817. The highest BCUT2D eigenvalue weighted by atomic mass is 32.1. The average Bonchev–Trinajstić information content (AvgIpc) is 3.23. The smallest absolute Gasteiger partial charge is 0.444 e. The van der Waals surface area contributed by atoms with Crippen molar-refractivity contribution in [2.45, 2.75) is 45.0 Å². The summed E-state index contributed by atoms with van der Waals surface area (Å²) >= 11 is 1.29. The molecule has 3 rings (SSSR count). The minimum atomic E-state index is -0.767. The summed E-state index contributed by atoms with van der Waals surface area (Å²) in [6.07, 6.45) is 0.111. The summed E-state index contributed by atoms with van der Waals surface area (Å²) in [6.45, 7) is 5.63. The first-order valence-electron chi connectivity index (χ1n) is 8.79. The highest BCUT2D eigenvalue weighted by Gasteiger charge is 2.31. The molecule has 1 fully saturated rings. The first kappa shape index (κ1) is 20.1. The molecule has 150 valence electrons. The molecular formula is C19H22N2O6S. The van der Waals surface area contributed by atoms with Crippen LogP contribution in [0.3, 0.4) is 0 Å². The quantitative estimate of drug-likeness (QED) is 0.588. The Hall–Kier alpha value is -2.65. The number of thiazole rings is 1. The molecule has 0 aliphatic carbocycles. The van der Waals surface area contributed by atoms with Gasteiger partial charge in [-0.05, 0) is 32.9 Å². The second kappa shape index (κ2) is 8.57. The number of carbonyl (C=O) groups excluding carboxylic acids is 2. The number of benzene rings is 1. The average molecular weight is 406 g/mol. The van der Waals surface area contributed by atoms with Crippen molar-refractivity contribution < 1.29 is 28.5 Å². The van der Waals surface area contributed by atoms with Crippen molar-refractivity contribution in [3.05, 3.63) is 41.4 Å². The van der Waals surface area contributed by atoms with Gasteiger partial charge in [0, 0.05) is 12.6 Å². The third-order valence-corrected chi connectivity index (χ3v) is 4.62. The van der Waals surface area contributed by atoms with Gasteiger partial charge < -0.3 is 18.9 Å². The van der Waals surface area contributed by atoms with E-state index in [9.17, 15) is 9.59 Å². The van der Waals surface area contributed by atoms with E-state index < -0.39 is 24.0 Å². The lowest BCUT2D eigenvalue weighted by Crippen LogP contribution is -2.27. The van der Waals surface area contributed by atoms with Crippen LogP contribution in [0, 0.1) is 0 Å². The largest absolute Gasteiger partial charge is 0.514 e. The van der Waals surface area contributed by atoms with Gasteiger partial charge >= 0.3 is 12.2 Å². The third kappa shape index (κ3) is 5.93. The van der Waals surface area contributed by atoms with Gasteiger partial charge in [0.1, 0.15) is 17.5 Å². The Morgan fingerprint density at radius 1 is 1.25 bits per heavy atom. The van der Waals surface area contributed by atoms with Crippen molar-refractivity contribution >= 4 is 28.7 Å². The molecule has 9 heteroatoms. The molecule has 28 heavy (non-hydrogen) atoms. The first-order valence-corrected chi connectivity index (χ1v) is 9.61. The number of rotatable bonds is 4. The lowest BCUT2D eigenvalue weighted by Gasteiger charge is -2.18. The Morgan fingerprint density at radius 3 is 2.71 bits per heavy atom. The maximum Gasteiger partial charge on any atom is 0.514 e. The summed E-state index contributed by atoms with van der Waals surface area (Å²) in [5.41, 5.74) is -0.586. The zero-order valence-electron chi connectivity index (χ0n) is 15.8. The van der Waals surface area contributed by atoms with E-state index in [0.717, 1.165) is 4.88 Å². The van der Waals surface area contributed by atoms with E-state index in [-0.39, 0.29) is 12.7 Å². The molecular weight excluding hydrogens is 384 g/mol. The molecule has 0 bridgehead atoms. The molecule has 1 aromatic heterocycles. The molecule has 1 aliphatic heterocycles. The molecule has 0 spiro atoms. The van der Waals surface area contributed by atoms with E-state index in [2.05, 4.69) is 10.3 Å². The van der Waals surface area contributed by atoms with Crippen LogP contribution in [-0.2, 0) is 14.2 Å². The van der Waals surface area contributed by atoms with Crippen LogP contribution in [0.5, 0.6) is 5.75 Å². The second-order valence-corrected chi connectivity index (χ2v) is 8.22. The number of nitrogens with one attached hydrogen (secondary N) is 1. The number of carbonyl (C=O) groups is 2. The Kier molecular flexibility index (Phi) is 6.15. The number of anilines is 1. The van der Waals surface area contributed by atoms with Crippen LogP contribution in [-0.4, -0.2) is 35.5 Å². The van der Waals surface area contributed by atoms with Crippen molar-refractivity contribution in [2.75, 3.05) is 11.9 Å². The fourth-order valence-electron chi connectivity index (χ4n) is 2.51. The predicted molar refractivity (Wildman–Crippen MR) is 103 cm³/mol. The summed E-state index contributed by atoms with van der Waals surface area (Å²) in [6, 6.07) is 8.71. The normalized spacial score (nSPS) is 19.1. The minimum Gasteiger partial charge on any atom is -0.444 e. The molecule has 8 nitrogen and oxygen atoms in total. The van der Waals surface area contributed by atoms with Gasteiger partial charge in [-0.3, -0.25) is 5.32 Å². The van der Waals surface area contributed by atoms with E-state index in [1.807, 2.05) is 6.07 Å². The number of amides is 1. The standard InChI is InChI=1S/C19H22N2O6S/c1-19(2,3)27-17(22)21-16-20-10-15(28-16)14-9-13(11-24-14)26-18(23)25-12-7-5-4-6-8-12/h4-8,10,13-14H,9,11H2,1-3H3,(H,20,21,22)/t13-,14-/m0/s1. The first-order chi connectivity index (χ1) is 13.3. The number of hydrogen-bond donors (Lipinski definition) is 1. The highest BCUT2D eigenvalue weighted by molar-refractivity contribution is 7.15. The van der Waals surface area contributed by atoms with Crippen molar-refractivity contribution in [1.82, 2.24) is 4.98 Å². The number of para-hydroxylation sites is 1. The maximum atomic E-state index is 11.9. The summed E-state index contributed by atoms with van der Waals surface area (Å²) < 4.78 is 21.3. The lowest BCUT2D eigenvalue weighted by atomic mass is 10.2. The van der Waals surface area contributed by atoms with Crippen LogP contribution in [0.4, 0.5) is 14.7 Å². The van der Waals surface area contributed by atoms with Crippen LogP contribution in [0.25, 0.3) is 0 Å². The summed E-state index contributed by atoms with van der Waals surface area (Å²) in [5, 5.41) is 3.02. The lowest BCUT2D eigenvalue weighted by molar-refractivity contribution is 0.0460. The van der Waals surface area contributed by atoms with Crippen LogP contribution >= 0.6 is 11.3 Å². The number of aromatic nitrogens is 1. The zero-order valence-corrected chi connectivity index (χ0v) is 16.7. The third-order valence-electron chi connectivity index (χ3n) is 3.62. The zero-order chi connectivity index (χ0) is 20.1. The van der Waals surface area contributed by atoms with Crippen LogP contribution in [0.2, 0.25) is 0 Å². The fourth-order valence-corrected chi connectivity index (χ4v) is 3.37. The van der Waals surface area contributed by atoms with Gasteiger partial charge in [0.25, 0.3) is 0 Å². The van der Waals surface area contributed by atoms with Crippen LogP contribution in [0.15, 0.2) is 36.5 Å². The Morgan fingerprint density at radius 2 is 2.00 bits per heavy atom. The summed E-state index contributed by atoms with van der Waals surface area (Å²) in [5.74, 6) is 0.420. The van der Waals surface area contributed by atoms with Gasteiger partial charge in [-0.1, -0.05) is 29.5 Å². The topological polar surface area (TPSA) is 96.0 Å². The van der Waals surface area contributed by atoms with Crippen molar-refractivity contribution in [1.29, 1.82) is 0 Å². The molecule has 1 aromatic carbocycles. The van der Waals surface area contributed by atoms with Gasteiger partial charge in [0.15, 0.2) is 5.13 Å². The van der Waals surface area contributed by atoms with Crippen molar-refractivity contribution in [3.63, 3.8) is 0 Å². The molecule has 0 saturated carbocycles. The Balaban J connectivity index is 1.48. The number of hydrogen-bond acceptors (Lipinski definition) is 8.